The van der Waals surface area contributed by atoms with E-state index >= 15 is 0 Å². The second kappa shape index (κ2) is 5.60. The maximum absolute atomic E-state index is 10.7. The number of carbonyl (C=O) groups is 1. The van der Waals surface area contributed by atoms with Crippen molar-refractivity contribution in [2.45, 2.75) is 31.6 Å². The molecular weight excluding hydrogens is 240 g/mol. The van der Waals surface area contributed by atoms with Crippen LogP contribution in [0.3, 0.4) is 0 Å². The molecule has 0 aliphatic carbocycles. The maximum atomic E-state index is 10.7. The summed E-state index contributed by atoms with van der Waals surface area (Å²) in [5.74, 6) is 1.45. The lowest BCUT2D eigenvalue weighted by Crippen LogP contribution is -2.07. The van der Waals surface area contributed by atoms with Crippen molar-refractivity contribution in [3.63, 3.8) is 0 Å². The van der Waals surface area contributed by atoms with E-state index in [4.69, 9.17) is 14.3 Å². The third-order valence-corrected chi connectivity index (χ3v) is 3.94. The minimum Gasteiger partial charge on any atom is -0.475 e. The highest BCUT2D eigenvalue weighted by Crippen LogP contribution is 2.23. The van der Waals surface area contributed by atoms with Crippen molar-refractivity contribution in [3.8, 4) is 0 Å². The molecule has 0 saturated carbocycles. The molecule has 2 rings (SSSR count). The van der Waals surface area contributed by atoms with Crippen molar-refractivity contribution in [3.05, 3.63) is 23.2 Å². The Kier molecular flexibility index (Phi) is 4.12. The second-order valence-electron chi connectivity index (χ2n) is 4.15. The molecule has 1 saturated heterocycles. The van der Waals surface area contributed by atoms with E-state index in [1.807, 2.05) is 0 Å². The topological polar surface area (TPSA) is 59.7 Å². The van der Waals surface area contributed by atoms with Gasteiger partial charge in [0.05, 0.1) is 6.10 Å². The number of hydrogen-bond donors (Lipinski definition) is 1. The zero-order valence-electron chi connectivity index (χ0n) is 9.77. The van der Waals surface area contributed by atoms with E-state index in [2.05, 4.69) is 0 Å². The predicted octanol–water partition coefficient (Wildman–Crippen LogP) is 2.70. The van der Waals surface area contributed by atoms with Gasteiger partial charge in [0.2, 0.25) is 5.76 Å². The first-order valence-electron chi connectivity index (χ1n) is 5.69. The molecule has 17 heavy (non-hydrogen) atoms. The van der Waals surface area contributed by atoms with Crippen LogP contribution < -0.4 is 0 Å². The summed E-state index contributed by atoms with van der Waals surface area (Å²) in [5, 5.41) is 8.80. The van der Waals surface area contributed by atoms with Gasteiger partial charge < -0.3 is 14.3 Å². The van der Waals surface area contributed by atoms with Gasteiger partial charge in [0, 0.05) is 23.7 Å². The Morgan fingerprint density at radius 3 is 3.06 bits per heavy atom. The molecule has 0 aromatic carbocycles. The molecule has 0 bridgehead atoms. The van der Waals surface area contributed by atoms with Crippen molar-refractivity contribution in [1.29, 1.82) is 0 Å². The predicted molar refractivity (Wildman–Crippen MR) is 65.5 cm³/mol. The Morgan fingerprint density at radius 2 is 2.47 bits per heavy atom. The van der Waals surface area contributed by atoms with Gasteiger partial charge in [0.15, 0.2) is 0 Å². The number of carboxylic acid groups (broad SMARTS) is 1. The number of furan rings is 1. The van der Waals surface area contributed by atoms with Gasteiger partial charge in [-0.15, -0.1) is 0 Å². The third kappa shape index (κ3) is 3.26. The summed E-state index contributed by atoms with van der Waals surface area (Å²) >= 11 is 1.76. The summed E-state index contributed by atoms with van der Waals surface area (Å²) in [5.41, 5.74) is 0.963. The van der Waals surface area contributed by atoms with E-state index in [0.717, 1.165) is 36.5 Å². The number of rotatable bonds is 5. The molecule has 1 aromatic heterocycles. The fourth-order valence-electron chi connectivity index (χ4n) is 1.84. The normalized spacial score (nSPS) is 19.7. The van der Waals surface area contributed by atoms with E-state index in [9.17, 15) is 4.79 Å². The van der Waals surface area contributed by atoms with Crippen molar-refractivity contribution in [2.75, 3.05) is 12.4 Å². The molecule has 1 aliphatic rings. The molecule has 1 unspecified atom stereocenters. The fraction of sp³-hybridized carbons (Fsp3) is 0.583. The van der Waals surface area contributed by atoms with Gasteiger partial charge in [-0.2, -0.15) is 11.8 Å². The zero-order valence-corrected chi connectivity index (χ0v) is 10.6. The Balaban J connectivity index is 1.83. The number of thioether (sulfide) groups is 1. The van der Waals surface area contributed by atoms with Crippen molar-refractivity contribution in [1.82, 2.24) is 0 Å². The van der Waals surface area contributed by atoms with Crippen LogP contribution >= 0.6 is 11.8 Å². The Labute approximate surface area is 104 Å². The van der Waals surface area contributed by atoms with Gasteiger partial charge in [-0.25, -0.2) is 4.79 Å². The lowest BCUT2D eigenvalue weighted by molar-refractivity contribution is 0.0661. The molecule has 0 spiro atoms. The van der Waals surface area contributed by atoms with Gasteiger partial charge in [-0.3, -0.25) is 0 Å². The number of ether oxygens (including phenoxy) is 1. The summed E-state index contributed by atoms with van der Waals surface area (Å²) in [6, 6.07) is 1.61. The van der Waals surface area contributed by atoms with Crippen LogP contribution in [0.25, 0.3) is 0 Å². The first-order chi connectivity index (χ1) is 8.16. The van der Waals surface area contributed by atoms with E-state index in [1.54, 1.807) is 24.8 Å². The molecule has 1 aromatic rings. The van der Waals surface area contributed by atoms with Gasteiger partial charge in [0.1, 0.15) is 5.76 Å². The second-order valence-corrected chi connectivity index (χ2v) is 5.18. The highest BCUT2D eigenvalue weighted by Gasteiger charge is 2.17. The van der Waals surface area contributed by atoms with Crippen LogP contribution in [-0.4, -0.2) is 29.5 Å². The van der Waals surface area contributed by atoms with E-state index in [-0.39, 0.29) is 5.76 Å². The first-order valence-corrected chi connectivity index (χ1v) is 6.84. The lowest BCUT2D eigenvalue weighted by Gasteiger charge is -2.07. The average Bonchev–Trinajstić information content (AvgIpc) is 2.89. The van der Waals surface area contributed by atoms with Crippen LogP contribution in [0.5, 0.6) is 0 Å². The van der Waals surface area contributed by atoms with Crippen LogP contribution in [0.4, 0.5) is 0 Å². The number of aromatic carboxylic acids is 1. The molecule has 0 radical (unpaired) electrons. The van der Waals surface area contributed by atoms with E-state index in [0.29, 0.717) is 11.9 Å². The number of hydrogen-bond acceptors (Lipinski definition) is 4. The van der Waals surface area contributed by atoms with Crippen LogP contribution in [0, 0.1) is 6.92 Å². The zero-order chi connectivity index (χ0) is 12.3. The van der Waals surface area contributed by atoms with Crippen LogP contribution in [0.15, 0.2) is 10.5 Å². The molecule has 94 valence electrons. The molecule has 1 N–H and O–H groups in total. The molecule has 4 nitrogen and oxygen atoms in total. The quantitative estimate of drug-likeness (QED) is 0.877. The SMILES string of the molecule is Cc1oc(C(=O)O)cc1CSCC1CCCO1. The molecular formula is C12H16O4S. The summed E-state index contributed by atoms with van der Waals surface area (Å²) in [4.78, 5) is 10.7. The molecule has 0 amide bonds. The summed E-state index contributed by atoms with van der Waals surface area (Å²) in [6.07, 6.45) is 2.66. The van der Waals surface area contributed by atoms with E-state index < -0.39 is 5.97 Å². The Bertz CT molecular complexity index is 393. The van der Waals surface area contributed by atoms with Gasteiger partial charge in [-0.05, 0) is 25.8 Å². The van der Waals surface area contributed by atoms with E-state index in [1.165, 1.54) is 0 Å². The highest BCUT2D eigenvalue weighted by molar-refractivity contribution is 7.98. The van der Waals surface area contributed by atoms with Crippen molar-refractivity contribution in [2.24, 2.45) is 0 Å². The van der Waals surface area contributed by atoms with Crippen LogP contribution in [-0.2, 0) is 10.5 Å². The van der Waals surface area contributed by atoms with Crippen molar-refractivity contribution < 1.29 is 19.1 Å². The first kappa shape index (κ1) is 12.5. The molecule has 1 fully saturated rings. The van der Waals surface area contributed by atoms with Gasteiger partial charge >= 0.3 is 5.97 Å². The fourth-order valence-corrected chi connectivity index (χ4v) is 2.99. The van der Waals surface area contributed by atoms with Crippen molar-refractivity contribution >= 4 is 17.7 Å². The molecule has 1 atom stereocenters. The smallest absolute Gasteiger partial charge is 0.371 e. The van der Waals surface area contributed by atoms with Crippen LogP contribution in [0.2, 0.25) is 0 Å². The minimum atomic E-state index is -1.01. The lowest BCUT2D eigenvalue weighted by atomic mass is 10.3. The largest absolute Gasteiger partial charge is 0.475 e. The van der Waals surface area contributed by atoms with Gasteiger partial charge in [0.25, 0.3) is 0 Å². The third-order valence-electron chi connectivity index (χ3n) is 2.82. The molecule has 5 heteroatoms. The number of aryl methyl sites for hydroxylation is 1. The Hall–Kier alpha value is -0.940. The maximum Gasteiger partial charge on any atom is 0.371 e. The summed E-state index contributed by atoms with van der Waals surface area (Å²) < 4.78 is 10.7. The summed E-state index contributed by atoms with van der Waals surface area (Å²) in [6.45, 7) is 2.67. The molecule has 1 aliphatic heterocycles. The molecule has 2 heterocycles. The summed E-state index contributed by atoms with van der Waals surface area (Å²) in [7, 11) is 0. The highest BCUT2D eigenvalue weighted by atomic mass is 32.2. The number of carboxylic acids is 1. The van der Waals surface area contributed by atoms with Gasteiger partial charge in [-0.1, -0.05) is 0 Å². The standard InChI is InChI=1S/C12H16O4S/c1-8-9(5-11(16-8)12(13)14)6-17-7-10-3-2-4-15-10/h5,10H,2-4,6-7H2,1H3,(H,13,14). The Morgan fingerprint density at radius 1 is 1.65 bits per heavy atom. The van der Waals surface area contributed by atoms with Crippen LogP contribution in [0.1, 0.15) is 34.7 Å². The average molecular weight is 256 g/mol. The minimum absolute atomic E-state index is 0.0233. The monoisotopic (exact) mass is 256 g/mol.